The van der Waals surface area contributed by atoms with Crippen molar-refractivity contribution in [2.24, 2.45) is 17.8 Å². The van der Waals surface area contributed by atoms with E-state index in [1.807, 2.05) is 13.0 Å². The highest BCUT2D eigenvalue weighted by atomic mass is 35.5. The van der Waals surface area contributed by atoms with E-state index < -0.39 is 0 Å². The quantitative estimate of drug-likeness (QED) is 0.318. The van der Waals surface area contributed by atoms with Gasteiger partial charge in [-0.3, -0.25) is 9.36 Å². The molecule has 168 valence electrons. The van der Waals surface area contributed by atoms with Crippen molar-refractivity contribution in [2.45, 2.75) is 56.0 Å². The van der Waals surface area contributed by atoms with E-state index in [4.69, 9.17) is 11.6 Å². The molecule has 3 heterocycles. The van der Waals surface area contributed by atoms with E-state index >= 15 is 0 Å². The number of rotatable bonds is 7. The fourth-order valence-corrected chi connectivity index (χ4v) is 7.11. The van der Waals surface area contributed by atoms with Crippen LogP contribution in [0, 0.1) is 17.8 Å². The predicted molar refractivity (Wildman–Crippen MR) is 130 cm³/mol. The summed E-state index contributed by atoms with van der Waals surface area (Å²) in [5.74, 6) is 3.07. The van der Waals surface area contributed by atoms with Crippen LogP contribution in [0.4, 0.5) is 5.69 Å². The van der Waals surface area contributed by atoms with E-state index in [0.29, 0.717) is 17.6 Å². The minimum atomic E-state index is -0.363. The molecule has 9 heteroatoms. The number of aromatic nitrogens is 4. The van der Waals surface area contributed by atoms with Gasteiger partial charge in [0.15, 0.2) is 16.1 Å². The summed E-state index contributed by atoms with van der Waals surface area (Å²) >= 11 is 9.23. The lowest BCUT2D eigenvalue weighted by atomic mass is 9.84. The highest BCUT2D eigenvalue weighted by Crippen LogP contribution is 2.53. The number of halogens is 1. The van der Waals surface area contributed by atoms with Crippen LogP contribution < -0.4 is 5.32 Å². The van der Waals surface area contributed by atoms with E-state index in [-0.39, 0.29) is 16.3 Å². The first-order valence-electron chi connectivity index (χ1n) is 11.1. The zero-order chi connectivity index (χ0) is 22.2. The summed E-state index contributed by atoms with van der Waals surface area (Å²) in [5.41, 5.74) is 0.516. The van der Waals surface area contributed by atoms with Crippen LogP contribution in [0.2, 0.25) is 5.15 Å². The van der Waals surface area contributed by atoms with Gasteiger partial charge in [-0.1, -0.05) is 35.9 Å². The Morgan fingerprint density at radius 2 is 2.12 bits per heavy atom. The largest absolute Gasteiger partial charge is 0.322 e. The molecule has 0 saturated heterocycles. The van der Waals surface area contributed by atoms with E-state index in [9.17, 15) is 4.79 Å². The fraction of sp³-hybridized carbons (Fsp3) is 0.478. The summed E-state index contributed by atoms with van der Waals surface area (Å²) in [6.07, 6.45) is 6.96. The van der Waals surface area contributed by atoms with Crippen LogP contribution in [-0.4, -0.2) is 30.9 Å². The topological polar surface area (TPSA) is 72.7 Å². The molecular formula is C23H26ClN5OS2. The Balaban J connectivity index is 1.40. The smallest absolute Gasteiger partial charge is 0.237 e. The minimum Gasteiger partial charge on any atom is -0.322 e. The zero-order valence-electron chi connectivity index (χ0n) is 18.1. The number of fused-ring (bicyclic) bond motifs is 2. The maximum Gasteiger partial charge on any atom is 0.237 e. The van der Waals surface area contributed by atoms with Gasteiger partial charge >= 0.3 is 0 Å². The Morgan fingerprint density at radius 1 is 1.25 bits per heavy atom. The summed E-state index contributed by atoms with van der Waals surface area (Å²) in [6.45, 7) is 4.19. The molecule has 1 amide bonds. The average molecular weight is 488 g/mol. The molecule has 1 N–H and O–H groups in total. The molecule has 3 aromatic heterocycles. The monoisotopic (exact) mass is 487 g/mol. The number of thiophene rings is 1. The number of hydrogen-bond donors (Lipinski definition) is 1. The molecule has 0 radical (unpaired) electrons. The first-order chi connectivity index (χ1) is 15.5. The Kier molecular flexibility index (Phi) is 6.27. The van der Waals surface area contributed by atoms with Crippen molar-refractivity contribution < 1.29 is 4.79 Å². The highest BCUT2D eigenvalue weighted by molar-refractivity contribution is 8.00. The van der Waals surface area contributed by atoms with E-state index in [2.05, 4.69) is 43.4 Å². The molecule has 0 spiro atoms. The minimum absolute atomic E-state index is 0.135. The van der Waals surface area contributed by atoms with Crippen LogP contribution in [0.3, 0.4) is 0 Å². The second-order valence-corrected chi connectivity index (χ2v) is 11.4. The number of anilines is 1. The maximum absolute atomic E-state index is 12.9. The Labute approximate surface area is 201 Å². The zero-order valence-corrected chi connectivity index (χ0v) is 20.5. The molecule has 5 atom stereocenters. The number of thioether (sulfide) groups is 1. The molecule has 2 aliphatic carbocycles. The van der Waals surface area contributed by atoms with Gasteiger partial charge in [-0.05, 0) is 74.4 Å². The number of amides is 1. The van der Waals surface area contributed by atoms with Gasteiger partial charge in [0.05, 0.1) is 15.8 Å². The first kappa shape index (κ1) is 21.9. The Hall–Kier alpha value is -1.90. The number of nitrogens with one attached hydrogen (secondary N) is 1. The molecule has 3 aromatic rings. The van der Waals surface area contributed by atoms with Crippen LogP contribution in [0.1, 0.15) is 45.6 Å². The van der Waals surface area contributed by atoms with Crippen molar-refractivity contribution in [3.8, 4) is 10.7 Å². The number of carbonyl (C=O) groups is 1. The lowest BCUT2D eigenvalue weighted by Crippen LogP contribution is -2.25. The second kappa shape index (κ2) is 9.15. The lowest BCUT2D eigenvalue weighted by molar-refractivity contribution is -0.115. The van der Waals surface area contributed by atoms with Gasteiger partial charge in [0.25, 0.3) is 0 Å². The molecule has 0 aliphatic heterocycles. The van der Waals surface area contributed by atoms with Gasteiger partial charge in [-0.25, -0.2) is 4.98 Å². The normalized spacial score (nSPS) is 23.9. The molecule has 6 nitrogen and oxygen atoms in total. The number of carbonyl (C=O) groups excluding carboxylic acids is 1. The van der Waals surface area contributed by atoms with Crippen LogP contribution in [0.25, 0.3) is 10.7 Å². The number of hydrogen-bond acceptors (Lipinski definition) is 6. The van der Waals surface area contributed by atoms with Crippen LogP contribution in [0.5, 0.6) is 0 Å². The van der Waals surface area contributed by atoms with E-state index in [0.717, 1.165) is 27.7 Å². The molecule has 2 fully saturated rings. The third kappa shape index (κ3) is 4.20. The Bertz CT molecular complexity index is 1100. The standard InChI is InChI=1S/C23H26ClN5OS2/c1-13(17-12-15-7-8-16(17)11-15)29-21(19-6-4-10-31-19)27-28-23(29)32-14(2)22(30)26-18-5-3-9-25-20(18)24/h3-6,9-10,13-17H,7-8,11-12H2,1-2H3,(H,26,30). The molecule has 2 bridgehead atoms. The van der Waals surface area contributed by atoms with Crippen molar-refractivity contribution in [1.82, 2.24) is 19.7 Å². The van der Waals surface area contributed by atoms with Gasteiger partial charge in [-0.15, -0.1) is 21.5 Å². The van der Waals surface area contributed by atoms with Gasteiger partial charge in [0, 0.05) is 12.2 Å². The highest BCUT2D eigenvalue weighted by Gasteiger charge is 2.43. The molecule has 2 aliphatic rings. The fourth-order valence-electron chi connectivity index (χ4n) is 5.30. The Morgan fingerprint density at radius 3 is 2.81 bits per heavy atom. The first-order valence-corrected chi connectivity index (χ1v) is 13.2. The van der Waals surface area contributed by atoms with Gasteiger partial charge in [0.1, 0.15) is 0 Å². The lowest BCUT2D eigenvalue weighted by Gasteiger charge is -2.30. The molecule has 0 aromatic carbocycles. The summed E-state index contributed by atoms with van der Waals surface area (Å²) in [4.78, 5) is 18.0. The van der Waals surface area contributed by atoms with Crippen LogP contribution >= 0.6 is 34.7 Å². The summed E-state index contributed by atoms with van der Waals surface area (Å²) in [6, 6.07) is 7.93. The third-order valence-electron chi connectivity index (χ3n) is 6.89. The van der Waals surface area contributed by atoms with Crippen molar-refractivity contribution in [3.05, 3.63) is 41.0 Å². The van der Waals surface area contributed by atoms with E-state index in [1.54, 1.807) is 29.7 Å². The SMILES string of the molecule is CC(Sc1nnc(-c2cccs2)n1C(C)C1CC2CCC1C2)C(=O)Nc1cccnc1Cl. The van der Waals surface area contributed by atoms with Crippen molar-refractivity contribution >= 4 is 46.3 Å². The predicted octanol–water partition coefficient (Wildman–Crippen LogP) is 6.17. The van der Waals surface area contributed by atoms with Crippen LogP contribution in [-0.2, 0) is 4.79 Å². The second-order valence-electron chi connectivity index (χ2n) is 8.82. The van der Waals surface area contributed by atoms with Gasteiger partial charge in [0.2, 0.25) is 5.91 Å². The average Bonchev–Trinajstić information content (AvgIpc) is 3.58. The summed E-state index contributed by atoms with van der Waals surface area (Å²) in [7, 11) is 0. The molecule has 2 saturated carbocycles. The molecule has 5 unspecified atom stereocenters. The van der Waals surface area contributed by atoms with Crippen molar-refractivity contribution in [3.63, 3.8) is 0 Å². The third-order valence-corrected chi connectivity index (χ3v) is 9.12. The summed E-state index contributed by atoms with van der Waals surface area (Å²) in [5, 5.41) is 14.8. The maximum atomic E-state index is 12.9. The van der Waals surface area contributed by atoms with Gasteiger partial charge in [-0.2, -0.15) is 0 Å². The number of nitrogens with zero attached hydrogens (tertiary/aromatic N) is 4. The molecule has 5 rings (SSSR count). The van der Waals surface area contributed by atoms with Crippen molar-refractivity contribution in [2.75, 3.05) is 5.32 Å². The van der Waals surface area contributed by atoms with Gasteiger partial charge < -0.3 is 5.32 Å². The van der Waals surface area contributed by atoms with E-state index in [1.165, 1.54) is 37.4 Å². The van der Waals surface area contributed by atoms with Crippen molar-refractivity contribution in [1.29, 1.82) is 0 Å². The summed E-state index contributed by atoms with van der Waals surface area (Å²) < 4.78 is 2.28. The van der Waals surface area contributed by atoms with Crippen LogP contribution in [0.15, 0.2) is 41.0 Å². The molecule has 32 heavy (non-hydrogen) atoms. The number of pyridine rings is 1. The molecular weight excluding hydrogens is 462 g/mol.